The van der Waals surface area contributed by atoms with E-state index in [0.717, 1.165) is 0 Å². The maximum atomic E-state index is 9.87. The van der Waals surface area contributed by atoms with Crippen LogP contribution >= 0.6 is 0 Å². The minimum atomic E-state index is -0.882. The molecule has 0 spiro atoms. The summed E-state index contributed by atoms with van der Waals surface area (Å²) in [6, 6.07) is 0. The Morgan fingerprint density at radius 3 is 2.67 bits per heavy atom. The summed E-state index contributed by atoms with van der Waals surface area (Å²) in [5.74, 6) is 0.268. The zero-order valence-electron chi connectivity index (χ0n) is 5.50. The largest absolute Gasteiger partial charge is 0.430 e. The Morgan fingerprint density at radius 1 is 1.78 bits per heavy atom. The Hall–Kier alpha value is -1.06. The molecule has 0 heterocycles. The first-order valence-electron chi connectivity index (χ1n) is 2.63. The first-order chi connectivity index (χ1) is 4.13. The zero-order valence-corrected chi connectivity index (χ0v) is 5.50. The Labute approximate surface area is 53.7 Å². The van der Waals surface area contributed by atoms with Crippen LogP contribution in [0, 0.1) is 5.92 Å². The zero-order chi connectivity index (χ0) is 7.28. The van der Waals surface area contributed by atoms with Gasteiger partial charge in [0.15, 0.2) is 0 Å². The predicted octanol–water partition coefficient (Wildman–Crippen LogP) is 0.724. The van der Waals surface area contributed by atoms with Crippen LogP contribution in [0.1, 0.15) is 13.8 Å². The summed E-state index contributed by atoms with van der Waals surface area (Å²) >= 11 is 0. The number of rotatable bonds is 2. The van der Waals surface area contributed by atoms with Gasteiger partial charge in [-0.05, 0) is 5.92 Å². The molecule has 0 aliphatic rings. The maximum absolute atomic E-state index is 9.87. The number of nitrogens with two attached hydrogens (primary N) is 1. The van der Waals surface area contributed by atoms with Gasteiger partial charge in [-0.25, -0.2) is 4.79 Å². The van der Waals surface area contributed by atoms with E-state index in [0.29, 0.717) is 0 Å². The SMILES string of the molecule is CC(C)C=NOC(N)=O. The van der Waals surface area contributed by atoms with Gasteiger partial charge in [0.1, 0.15) is 0 Å². The van der Waals surface area contributed by atoms with Crippen molar-refractivity contribution in [1.82, 2.24) is 0 Å². The lowest BCUT2D eigenvalue weighted by Crippen LogP contribution is -2.09. The van der Waals surface area contributed by atoms with Crippen molar-refractivity contribution >= 4 is 12.3 Å². The smallest absolute Gasteiger partial charge is 0.333 e. The van der Waals surface area contributed by atoms with Gasteiger partial charge in [-0.3, -0.25) is 4.84 Å². The van der Waals surface area contributed by atoms with Gasteiger partial charge in [0.2, 0.25) is 0 Å². The van der Waals surface area contributed by atoms with Crippen molar-refractivity contribution in [2.75, 3.05) is 0 Å². The third-order valence-corrected chi connectivity index (χ3v) is 0.502. The highest BCUT2D eigenvalue weighted by Gasteiger charge is 1.88. The molecule has 2 N–H and O–H groups in total. The first-order valence-corrected chi connectivity index (χ1v) is 2.63. The molecule has 0 aromatic rings. The van der Waals surface area contributed by atoms with Crippen molar-refractivity contribution in [3.05, 3.63) is 0 Å². The van der Waals surface area contributed by atoms with E-state index in [1.54, 1.807) is 0 Å². The molecule has 4 nitrogen and oxygen atoms in total. The lowest BCUT2D eigenvalue weighted by Gasteiger charge is -1.90. The Balaban J connectivity index is 3.36. The molecule has 0 bridgehead atoms. The number of hydrogen-bond acceptors (Lipinski definition) is 3. The molecule has 1 amide bonds. The maximum Gasteiger partial charge on any atom is 0.430 e. The third kappa shape index (κ3) is 6.94. The molecule has 0 fully saturated rings. The van der Waals surface area contributed by atoms with E-state index >= 15 is 0 Å². The molecule has 0 radical (unpaired) electrons. The number of oxime groups is 1. The molecule has 0 aromatic heterocycles. The minimum absolute atomic E-state index is 0.268. The van der Waals surface area contributed by atoms with Gasteiger partial charge in [0.05, 0.1) is 0 Å². The van der Waals surface area contributed by atoms with E-state index in [4.69, 9.17) is 0 Å². The topological polar surface area (TPSA) is 64.7 Å². The summed E-state index contributed by atoms with van der Waals surface area (Å²) in [6.07, 6.45) is 0.608. The number of amides is 1. The van der Waals surface area contributed by atoms with E-state index < -0.39 is 6.09 Å². The number of primary amides is 1. The highest BCUT2D eigenvalue weighted by molar-refractivity contribution is 5.66. The fraction of sp³-hybridized carbons (Fsp3) is 0.600. The molecule has 0 aromatic carbocycles. The molecule has 9 heavy (non-hydrogen) atoms. The van der Waals surface area contributed by atoms with Crippen molar-refractivity contribution < 1.29 is 9.63 Å². The van der Waals surface area contributed by atoms with Crippen LogP contribution in [0.5, 0.6) is 0 Å². The molecule has 0 saturated heterocycles. The second kappa shape index (κ2) is 3.88. The van der Waals surface area contributed by atoms with Crippen molar-refractivity contribution in [2.24, 2.45) is 16.8 Å². The monoisotopic (exact) mass is 130 g/mol. The van der Waals surface area contributed by atoms with Gasteiger partial charge in [0, 0.05) is 6.21 Å². The minimum Gasteiger partial charge on any atom is -0.333 e. The van der Waals surface area contributed by atoms with Crippen LogP contribution < -0.4 is 5.73 Å². The lowest BCUT2D eigenvalue weighted by atomic mass is 10.3. The van der Waals surface area contributed by atoms with Crippen molar-refractivity contribution in [3.63, 3.8) is 0 Å². The Bertz CT molecular complexity index is 120. The van der Waals surface area contributed by atoms with Gasteiger partial charge in [-0.1, -0.05) is 19.0 Å². The van der Waals surface area contributed by atoms with Crippen molar-refractivity contribution in [2.45, 2.75) is 13.8 Å². The normalized spacial score (nSPS) is 10.6. The fourth-order valence-electron chi connectivity index (χ4n) is 0.204. The molecule has 0 atom stereocenters. The van der Waals surface area contributed by atoms with E-state index in [-0.39, 0.29) is 5.92 Å². The quantitative estimate of drug-likeness (QED) is 0.340. The molecular formula is C5H10N2O2. The molecule has 4 heteroatoms. The van der Waals surface area contributed by atoms with Crippen LogP contribution in [0.2, 0.25) is 0 Å². The first kappa shape index (κ1) is 7.94. The molecular weight excluding hydrogens is 120 g/mol. The van der Waals surface area contributed by atoms with Crippen LogP contribution in [0.15, 0.2) is 5.16 Å². The van der Waals surface area contributed by atoms with Crippen molar-refractivity contribution in [3.8, 4) is 0 Å². The summed E-state index contributed by atoms with van der Waals surface area (Å²) in [4.78, 5) is 13.9. The highest BCUT2D eigenvalue weighted by Crippen LogP contribution is 1.85. The summed E-state index contributed by atoms with van der Waals surface area (Å²) in [7, 11) is 0. The second-order valence-electron chi connectivity index (χ2n) is 1.91. The molecule has 0 aliphatic heterocycles. The van der Waals surface area contributed by atoms with Gasteiger partial charge in [-0.2, -0.15) is 0 Å². The van der Waals surface area contributed by atoms with E-state index in [9.17, 15) is 4.79 Å². The van der Waals surface area contributed by atoms with Gasteiger partial charge in [-0.15, -0.1) is 0 Å². The van der Waals surface area contributed by atoms with Crippen LogP contribution in [0.4, 0.5) is 4.79 Å². The third-order valence-electron chi connectivity index (χ3n) is 0.502. The van der Waals surface area contributed by atoms with E-state index in [2.05, 4.69) is 15.7 Å². The summed E-state index contributed by atoms with van der Waals surface area (Å²) < 4.78 is 0. The molecule has 0 unspecified atom stereocenters. The van der Waals surface area contributed by atoms with Crippen LogP contribution in [-0.2, 0) is 4.84 Å². The van der Waals surface area contributed by atoms with Crippen LogP contribution in [-0.4, -0.2) is 12.3 Å². The van der Waals surface area contributed by atoms with E-state index in [1.807, 2.05) is 13.8 Å². The highest BCUT2D eigenvalue weighted by atomic mass is 16.7. The number of carbonyl (C=O) groups excluding carboxylic acids is 1. The molecule has 0 aliphatic carbocycles. The summed E-state index contributed by atoms with van der Waals surface area (Å²) in [5, 5.41) is 3.27. The van der Waals surface area contributed by atoms with E-state index in [1.165, 1.54) is 6.21 Å². The number of nitrogens with zero attached hydrogens (tertiary/aromatic N) is 1. The fourth-order valence-corrected chi connectivity index (χ4v) is 0.204. The Morgan fingerprint density at radius 2 is 2.33 bits per heavy atom. The Kier molecular flexibility index (Phi) is 3.43. The standard InChI is InChI=1S/C5H10N2O2/c1-4(2)3-7-9-5(6)8/h3-4H,1-2H3,(H2,6,8). The average molecular weight is 130 g/mol. The predicted molar refractivity (Wildman–Crippen MR) is 34.0 cm³/mol. The second-order valence-corrected chi connectivity index (χ2v) is 1.91. The number of carbonyl (C=O) groups is 1. The number of hydrogen-bond donors (Lipinski definition) is 1. The van der Waals surface area contributed by atoms with Crippen molar-refractivity contribution in [1.29, 1.82) is 0 Å². The molecule has 52 valence electrons. The van der Waals surface area contributed by atoms with Gasteiger partial charge >= 0.3 is 6.09 Å². The molecule has 0 saturated carbocycles. The molecule has 0 rings (SSSR count). The van der Waals surface area contributed by atoms with Gasteiger partial charge < -0.3 is 5.73 Å². The van der Waals surface area contributed by atoms with Crippen LogP contribution in [0.3, 0.4) is 0 Å². The average Bonchev–Trinajstić information content (AvgIpc) is 1.63. The van der Waals surface area contributed by atoms with Crippen LogP contribution in [0.25, 0.3) is 0 Å². The summed E-state index contributed by atoms with van der Waals surface area (Å²) in [6.45, 7) is 3.82. The summed E-state index contributed by atoms with van der Waals surface area (Å²) in [5.41, 5.74) is 4.60. The van der Waals surface area contributed by atoms with Gasteiger partial charge in [0.25, 0.3) is 0 Å². The lowest BCUT2D eigenvalue weighted by molar-refractivity contribution is 0.162.